The van der Waals surface area contributed by atoms with Gasteiger partial charge in [-0.15, -0.1) is 4.91 Å². The summed E-state index contributed by atoms with van der Waals surface area (Å²) in [4.78, 5) is 10.4. The third-order valence-corrected chi connectivity index (χ3v) is 1.97. The molecule has 0 bridgehead atoms. The quantitative estimate of drug-likeness (QED) is 0.724. The van der Waals surface area contributed by atoms with E-state index in [0.717, 1.165) is 5.39 Å². The number of aliphatic hydroxyl groups is 1. The van der Waals surface area contributed by atoms with E-state index in [9.17, 15) is 10.0 Å². The minimum atomic E-state index is -0.0753. The second-order valence-electron chi connectivity index (χ2n) is 3.06. The van der Waals surface area contributed by atoms with Crippen LogP contribution in [0, 0.1) is 4.91 Å². The molecule has 0 aliphatic heterocycles. The molecule has 2 aromatic rings. The Labute approximate surface area is 93.1 Å². The van der Waals surface area contributed by atoms with E-state index in [-0.39, 0.29) is 18.0 Å². The lowest BCUT2D eigenvalue weighted by Crippen LogP contribution is -1.73. The lowest BCUT2D eigenvalue weighted by atomic mass is 10.1. The van der Waals surface area contributed by atoms with Crippen LogP contribution in [0.1, 0.15) is 6.92 Å². The molecule has 0 spiro atoms. The molecule has 4 nitrogen and oxygen atoms in total. The Bertz CT molecular complexity index is 483. The zero-order valence-corrected chi connectivity index (χ0v) is 8.92. The highest BCUT2D eigenvalue weighted by Crippen LogP contribution is 2.34. The van der Waals surface area contributed by atoms with Crippen molar-refractivity contribution in [1.82, 2.24) is 0 Å². The van der Waals surface area contributed by atoms with Crippen LogP contribution in [0.3, 0.4) is 0 Å². The number of aliphatic hydroxyl groups excluding tert-OH is 1. The molecule has 2 aromatic carbocycles. The maximum absolute atomic E-state index is 10.4. The minimum absolute atomic E-state index is 0.0753. The van der Waals surface area contributed by atoms with Crippen molar-refractivity contribution in [1.29, 1.82) is 0 Å². The average Bonchev–Trinajstić information content (AvgIpc) is 2.30. The molecule has 0 unspecified atom stereocenters. The van der Waals surface area contributed by atoms with E-state index in [1.807, 2.05) is 12.1 Å². The fourth-order valence-corrected chi connectivity index (χ4v) is 1.34. The summed E-state index contributed by atoms with van der Waals surface area (Å²) in [5.41, 5.74) is 0.109. The molecule has 84 valence electrons. The summed E-state index contributed by atoms with van der Waals surface area (Å²) in [7, 11) is 0. The van der Waals surface area contributed by atoms with Crippen LogP contribution in [0.25, 0.3) is 10.8 Å². The lowest BCUT2D eigenvalue weighted by Gasteiger charge is -2.00. The molecule has 2 rings (SSSR count). The SMILES string of the molecule is CCO.O=Nc1c(O)ccc2ccccc12. The normalized spacial score (nSPS) is 9.38. The first kappa shape index (κ1) is 12.1. The predicted molar refractivity (Wildman–Crippen MR) is 63.8 cm³/mol. The Morgan fingerprint density at radius 1 is 1.19 bits per heavy atom. The smallest absolute Gasteiger partial charge is 0.157 e. The maximum Gasteiger partial charge on any atom is 0.157 e. The minimum Gasteiger partial charge on any atom is -0.506 e. The number of phenolic OH excluding ortho intramolecular Hbond substituents is 1. The van der Waals surface area contributed by atoms with Crippen LogP contribution >= 0.6 is 0 Å². The number of hydrogen-bond donors (Lipinski definition) is 2. The highest BCUT2D eigenvalue weighted by Gasteiger charge is 2.05. The fourth-order valence-electron chi connectivity index (χ4n) is 1.34. The van der Waals surface area contributed by atoms with E-state index < -0.39 is 0 Å². The van der Waals surface area contributed by atoms with Gasteiger partial charge in [0.25, 0.3) is 0 Å². The Hall–Kier alpha value is -1.94. The molecule has 0 saturated heterocycles. The molecule has 0 atom stereocenters. The van der Waals surface area contributed by atoms with Gasteiger partial charge in [-0.2, -0.15) is 0 Å². The van der Waals surface area contributed by atoms with Crippen molar-refractivity contribution in [2.75, 3.05) is 6.61 Å². The molecule has 0 amide bonds. The van der Waals surface area contributed by atoms with Crippen molar-refractivity contribution in [3.8, 4) is 5.75 Å². The average molecular weight is 219 g/mol. The van der Waals surface area contributed by atoms with E-state index in [4.69, 9.17) is 5.11 Å². The van der Waals surface area contributed by atoms with Gasteiger partial charge in [0, 0.05) is 12.0 Å². The van der Waals surface area contributed by atoms with E-state index in [1.165, 1.54) is 6.07 Å². The van der Waals surface area contributed by atoms with Gasteiger partial charge in [-0.1, -0.05) is 30.3 Å². The standard InChI is InChI=1S/C10H7NO2.C2H6O/c12-9-6-5-7-3-1-2-4-8(7)10(9)11-13;1-2-3/h1-6,12H;3H,2H2,1H3. The highest BCUT2D eigenvalue weighted by atomic mass is 16.3. The van der Waals surface area contributed by atoms with Gasteiger partial charge in [0.1, 0.15) is 5.75 Å². The van der Waals surface area contributed by atoms with Crippen molar-refractivity contribution >= 4 is 16.5 Å². The first-order valence-electron chi connectivity index (χ1n) is 4.89. The largest absolute Gasteiger partial charge is 0.506 e. The fraction of sp³-hybridized carbons (Fsp3) is 0.167. The first-order chi connectivity index (χ1) is 7.74. The van der Waals surface area contributed by atoms with Crippen LogP contribution in [0.5, 0.6) is 5.75 Å². The Morgan fingerprint density at radius 2 is 1.81 bits per heavy atom. The van der Waals surface area contributed by atoms with Crippen molar-refractivity contribution < 1.29 is 10.2 Å². The number of nitrogens with zero attached hydrogens (tertiary/aromatic N) is 1. The summed E-state index contributed by atoms with van der Waals surface area (Å²) >= 11 is 0. The Balaban J connectivity index is 0.000000386. The zero-order valence-electron chi connectivity index (χ0n) is 8.92. The second-order valence-corrected chi connectivity index (χ2v) is 3.06. The van der Waals surface area contributed by atoms with Gasteiger partial charge < -0.3 is 10.2 Å². The van der Waals surface area contributed by atoms with Gasteiger partial charge in [0.05, 0.1) is 0 Å². The van der Waals surface area contributed by atoms with Crippen LogP contribution in [-0.2, 0) is 0 Å². The summed E-state index contributed by atoms with van der Waals surface area (Å²) in [5.74, 6) is -0.0753. The third-order valence-electron chi connectivity index (χ3n) is 1.97. The molecule has 4 heteroatoms. The van der Waals surface area contributed by atoms with Crippen LogP contribution < -0.4 is 0 Å². The zero-order chi connectivity index (χ0) is 12.0. The van der Waals surface area contributed by atoms with Crippen molar-refractivity contribution in [2.24, 2.45) is 5.18 Å². The molecule has 0 aliphatic rings. The Kier molecular flexibility index (Phi) is 4.42. The summed E-state index contributed by atoms with van der Waals surface area (Å²) < 4.78 is 0. The molecule has 0 fully saturated rings. The summed E-state index contributed by atoms with van der Waals surface area (Å²) in [6.45, 7) is 1.93. The van der Waals surface area contributed by atoms with Crippen LogP contribution in [0.4, 0.5) is 5.69 Å². The van der Waals surface area contributed by atoms with Gasteiger partial charge in [0.15, 0.2) is 5.69 Å². The van der Waals surface area contributed by atoms with Crippen molar-refractivity contribution in [2.45, 2.75) is 6.92 Å². The summed E-state index contributed by atoms with van der Waals surface area (Å²) in [6.07, 6.45) is 0. The molecular weight excluding hydrogens is 206 g/mol. The van der Waals surface area contributed by atoms with Crippen molar-refractivity contribution in [3.05, 3.63) is 41.3 Å². The van der Waals surface area contributed by atoms with Gasteiger partial charge in [-0.3, -0.25) is 0 Å². The highest BCUT2D eigenvalue weighted by molar-refractivity contribution is 5.95. The lowest BCUT2D eigenvalue weighted by molar-refractivity contribution is 0.318. The van der Waals surface area contributed by atoms with Crippen LogP contribution in [0.15, 0.2) is 41.6 Å². The first-order valence-corrected chi connectivity index (χ1v) is 4.89. The monoisotopic (exact) mass is 219 g/mol. The number of aromatic hydroxyl groups is 1. The molecule has 0 heterocycles. The number of fused-ring (bicyclic) bond motifs is 1. The van der Waals surface area contributed by atoms with E-state index in [2.05, 4.69) is 5.18 Å². The summed E-state index contributed by atoms with van der Waals surface area (Å²) in [5, 5.41) is 21.3. The molecule has 2 N–H and O–H groups in total. The molecule has 0 saturated carbocycles. The van der Waals surface area contributed by atoms with Crippen LogP contribution in [0.2, 0.25) is 0 Å². The predicted octanol–water partition coefficient (Wildman–Crippen LogP) is 2.94. The molecule has 0 aliphatic carbocycles. The molecule has 0 aromatic heterocycles. The number of benzene rings is 2. The molecular formula is C12H13NO3. The number of hydrogen-bond acceptors (Lipinski definition) is 4. The number of rotatable bonds is 1. The van der Waals surface area contributed by atoms with E-state index in [0.29, 0.717) is 5.39 Å². The number of phenols is 1. The van der Waals surface area contributed by atoms with E-state index >= 15 is 0 Å². The Morgan fingerprint density at radius 3 is 2.44 bits per heavy atom. The van der Waals surface area contributed by atoms with Crippen molar-refractivity contribution in [3.63, 3.8) is 0 Å². The van der Waals surface area contributed by atoms with Gasteiger partial charge in [-0.05, 0) is 23.6 Å². The van der Waals surface area contributed by atoms with Gasteiger partial charge in [0.2, 0.25) is 0 Å². The molecule has 16 heavy (non-hydrogen) atoms. The second kappa shape index (κ2) is 5.82. The topological polar surface area (TPSA) is 69.9 Å². The maximum atomic E-state index is 10.4. The number of nitroso groups, excluding NO2 is 1. The molecule has 0 radical (unpaired) electrons. The van der Waals surface area contributed by atoms with E-state index in [1.54, 1.807) is 25.1 Å². The van der Waals surface area contributed by atoms with Gasteiger partial charge >= 0.3 is 0 Å². The summed E-state index contributed by atoms with van der Waals surface area (Å²) in [6, 6.07) is 10.5. The third kappa shape index (κ3) is 2.55. The van der Waals surface area contributed by atoms with Crippen LogP contribution in [-0.4, -0.2) is 16.8 Å². The van der Waals surface area contributed by atoms with Gasteiger partial charge in [-0.25, -0.2) is 0 Å².